The highest BCUT2D eigenvalue weighted by molar-refractivity contribution is 6.31. The van der Waals surface area contributed by atoms with Gasteiger partial charge >= 0.3 is 0 Å². The van der Waals surface area contributed by atoms with Crippen LogP contribution in [0.2, 0.25) is 10.0 Å². The molecule has 0 bridgehead atoms. The fraction of sp³-hybridized carbons (Fsp3) is 0.263. The van der Waals surface area contributed by atoms with Crippen LogP contribution in [-0.4, -0.2) is 36.4 Å². The predicted molar refractivity (Wildman–Crippen MR) is 112 cm³/mol. The number of halogens is 3. The number of likely N-dealkylation sites (N-methyl/N-ethyl adjacent to an activating group) is 1. The second-order valence-corrected chi connectivity index (χ2v) is 7.16. The number of aromatic nitrogens is 2. The monoisotopic (exact) mass is 408 g/mol. The van der Waals surface area contributed by atoms with Gasteiger partial charge in [-0.2, -0.15) is 0 Å². The molecule has 2 aromatic carbocycles. The zero-order valence-electron chi connectivity index (χ0n) is 14.2. The molecule has 4 rings (SSSR count). The number of fused-ring (bicyclic) bond motifs is 1. The summed E-state index contributed by atoms with van der Waals surface area (Å²) >= 11 is 12.3. The van der Waals surface area contributed by atoms with E-state index in [1.165, 1.54) is 0 Å². The number of benzene rings is 2. The van der Waals surface area contributed by atoms with Crippen molar-refractivity contribution in [3.05, 3.63) is 52.5 Å². The van der Waals surface area contributed by atoms with E-state index in [0.29, 0.717) is 16.1 Å². The zero-order valence-corrected chi connectivity index (χ0v) is 16.6. The van der Waals surface area contributed by atoms with Crippen molar-refractivity contribution >= 4 is 52.2 Å². The van der Waals surface area contributed by atoms with Crippen molar-refractivity contribution in [3.63, 3.8) is 0 Å². The van der Waals surface area contributed by atoms with Crippen LogP contribution in [0.1, 0.15) is 6.42 Å². The average Bonchev–Trinajstić information content (AvgIpc) is 3.10. The molecule has 136 valence electrons. The summed E-state index contributed by atoms with van der Waals surface area (Å²) in [5.74, 6) is 0.919. The van der Waals surface area contributed by atoms with Gasteiger partial charge in [0.15, 0.2) is 5.82 Å². The van der Waals surface area contributed by atoms with Crippen molar-refractivity contribution in [3.8, 4) is 11.3 Å². The van der Waals surface area contributed by atoms with Gasteiger partial charge in [0.1, 0.15) is 5.69 Å². The standard InChI is InChI=1S/C19H18Cl2N4.ClH/c1-22-15-8-9-25(11-15)19-16-7-6-14(21)10-17(16)18(23-24-19)12-2-4-13(20)5-3-12;/h2-7,10,15,22H,8-9,11H2,1H3;1H. The van der Waals surface area contributed by atoms with Crippen molar-refractivity contribution < 1.29 is 0 Å². The van der Waals surface area contributed by atoms with E-state index >= 15 is 0 Å². The van der Waals surface area contributed by atoms with Crippen LogP contribution in [0.15, 0.2) is 42.5 Å². The highest BCUT2D eigenvalue weighted by Gasteiger charge is 2.24. The first kappa shape index (κ1) is 19.2. The molecule has 7 heteroatoms. The summed E-state index contributed by atoms with van der Waals surface area (Å²) in [7, 11) is 2.00. The summed E-state index contributed by atoms with van der Waals surface area (Å²) in [4.78, 5) is 2.29. The first-order chi connectivity index (χ1) is 12.2. The highest BCUT2D eigenvalue weighted by atomic mass is 35.5. The van der Waals surface area contributed by atoms with E-state index in [0.717, 1.165) is 47.4 Å². The van der Waals surface area contributed by atoms with Gasteiger partial charge in [0, 0.05) is 45.5 Å². The largest absolute Gasteiger partial charge is 0.353 e. The second kappa shape index (κ2) is 7.97. The maximum atomic E-state index is 6.27. The maximum Gasteiger partial charge on any atom is 0.159 e. The van der Waals surface area contributed by atoms with E-state index in [1.54, 1.807) is 0 Å². The Morgan fingerprint density at radius 3 is 2.42 bits per heavy atom. The third-order valence-corrected chi connectivity index (χ3v) is 5.22. The molecule has 1 aliphatic rings. The predicted octanol–water partition coefficient (Wildman–Crippen LogP) is 4.82. The summed E-state index contributed by atoms with van der Waals surface area (Å²) in [5.41, 5.74) is 1.80. The van der Waals surface area contributed by atoms with Gasteiger partial charge in [0.05, 0.1) is 0 Å². The molecule has 0 spiro atoms. The van der Waals surface area contributed by atoms with Crippen molar-refractivity contribution in [2.45, 2.75) is 12.5 Å². The minimum absolute atomic E-state index is 0. The van der Waals surface area contributed by atoms with Crippen LogP contribution in [0, 0.1) is 0 Å². The Balaban J connectivity index is 0.00000196. The van der Waals surface area contributed by atoms with Gasteiger partial charge in [-0.3, -0.25) is 0 Å². The van der Waals surface area contributed by atoms with Gasteiger partial charge in [-0.1, -0.05) is 35.3 Å². The molecule has 3 aromatic rings. The Kier molecular flexibility index (Phi) is 5.88. The van der Waals surface area contributed by atoms with Crippen LogP contribution >= 0.6 is 35.6 Å². The van der Waals surface area contributed by atoms with Gasteiger partial charge in [-0.15, -0.1) is 22.6 Å². The lowest BCUT2D eigenvalue weighted by Crippen LogP contribution is -2.30. The third kappa shape index (κ3) is 3.60. The molecular formula is C19H19Cl3N4. The van der Waals surface area contributed by atoms with Crippen molar-refractivity contribution in [2.24, 2.45) is 0 Å². The van der Waals surface area contributed by atoms with Crippen molar-refractivity contribution in [1.82, 2.24) is 15.5 Å². The molecule has 26 heavy (non-hydrogen) atoms. The summed E-state index contributed by atoms with van der Waals surface area (Å²) < 4.78 is 0. The van der Waals surface area contributed by atoms with Gasteiger partial charge in [-0.05, 0) is 43.8 Å². The first-order valence-electron chi connectivity index (χ1n) is 8.30. The minimum Gasteiger partial charge on any atom is -0.353 e. The molecule has 1 unspecified atom stereocenters. The van der Waals surface area contributed by atoms with Gasteiger partial charge in [0.25, 0.3) is 0 Å². The number of hydrogen-bond acceptors (Lipinski definition) is 4. The van der Waals surface area contributed by atoms with Crippen LogP contribution in [0.4, 0.5) is 5.82 Å². The Morgan fingerprint density at radius 1 is 1.00 bits per heavy atom. The molecule has 0 saturated carbocycles. The lowest BCUT2D eigenvalue weighted by molar-refractivity contribution is 0.616. The molecule has 1 N–H and O–H groups in total. The summed E-state index contributed by atoms with van der Waals surface area (Å²) in [6, 6.07) is 14.0. The summed E-state index contributed by atoms with van der Waals surface area (Å²) in [6.45, 7) is 1.90. The summed E-state index contributed by atoms with van der Waals surface area (Å²) in [6.07, 6.45) is 1.10. The molecule has 1 atom stereocenters. The topological polar surface area (TPSA) is 41.0 Å². The van der Waals surface area contributed by atoms with E-state index in [1.807, 2.05) is 49.5 Å². The number of nitrogens with one attached hydrogen (secondary N) is 1. The number of hydrogen-bond donors (Lipinski definition) is 1. The van der Waals surface area contributed by atoms with Gasteiger partial charge in [-0.25, -0.2) is 0 Å². The fourth-order valence-electron chi connectivity index (χ4n) is 3.36. The fourth-order valence-corrected chi connectivity index (χ4v) is 3.65. The Hall–Kier alpha value is -1.59. The van der Waals surface area contributed by atoms with E-state index < -0.39 is 0 Å². The quantitative estimate of drug-likeness (QED) is 0.673. The molecule has 1 fully saturated rings. The zero-order chi connectivity index (χ0) is 17.4. The van der Waals surface area contributed by atoms with E-state index in [-0.39, 0.29) is 12.4 Å². The van der Waals surface area contributed by atoms with E-state index in [2.05, 4.69) is 20.4 Å². The molecule has 1 aliphatic heterocycles. The molecule has 1 aromatic heterocycles. The smallest absolute Gasteiger partial charge is 0.159 e. The Morgan fingerprint density at radius 2 is 1.73 bits per heavy atom. The van der Waals surface area contributed by atoms with Gasteiger partial charge < -0.3 is 10.2 Å². The third-order valence-electron chi connectivity index (χ3n) is 4.74. The molecule has 0 amide bonds. The van der Waals surface area contributed by atoms with Crippen LogP contribution in [-0.2, 0) is 0 Å². The van der Waals surface area contributed by atoms with Crippen LogP contribution < -0.4 is 10.2 Å². The number of anilines is 1. The molecule has 4 nitrogen and oxygen atoms in total. The first-order valence-corrected chi connectivity index (χ1v) is 9.05. The average molecular weight is 410 g/mol. The molecular weight excluding hydrogens is 391 g/mol. The van der Waals surface area contributed by atoms with Crippen molar-refractivity contribution in [1.29, 1.82) is 0 Å². The Labute approximate surface area is 168 Å². The van der Waals surface area contributed by atoms with E-state index in [4.69, 9.17) is 23.2 Å². The Bertz CT molecular complexity index is 915. The highest BCUT2D eigenvalue weighted by Crippen LogP contribution is 2.34. The lowest BCUT2D eigenvalue weighted by Gasteiger charge is -2.20. The lowest BCUT2D eigenvalue weighted by atomic mass is 10.0. The molecule has 2 heterocycles. The SMILES string of the molecule is CNC1CCN(c2nnc(-c3ccc(Cl)cc3)c3cc(Cl)ccc23)C1.Cl. The second-order valence-electron chi connectivity index (χ2n) is 6.29. The normalized spacial score (nSPS) is 16.7. The minimum atomic E-state index is 0. The van der Waals surface area contributed by atoms with Crippen LogP contribution in [0.25, 0.3) is 22.0 Å². The molecule has 0 radical (unpaired) electrons. The number of rotatable bonds is 3. The van der Waals surface area contributed by atoms with E-state index in [9.17, 15) is 0 Å². The van der Waals surface area contributed by atoms with Crippen molar-refractivity contribution in [2.75, 3.05) is 25.0 Å². The maximum absolute atomic E-state index is 6.27. The van der Waals surface area contributed by atoms with Crippen LogP contribution in [0.3, 0.4) is 0 Å². The van der Waals surface area contributed by atoms with Gasteiger partial charge in [0.2, 0.25) is 0 Å². The number of nitrogens with zero attached hydrogens (tertiary/aromatic N) is 3. The molecule has 0 aliphatic carbocycles. The van der Waals surface area contributed by atoms with Crippen LogP contribution in [0.5, 0.6) is 0 Å². The summed E-state index contributed by atoms with van der Waals surface area (Å²) in [5, 5.41) is 15.9. The molecule has 1 saturated heterocycles.